The van der Waals surface area contributed by atoms with Gasteiger partial charge in [0.15, 0.2) is 0 Å². The van der Waals surface area contributed by atoms with Crippen LogP contribution in [0.15, 0.2) is 55.1 Å². The second kappa shape index (κ2) is 9.79. The van der Waals surface area contributed by atoms with Crippen molar-refractivity contribution in [2.75, 3.05) is 43.1 Å². The maximum atomic E-state index is 12.8. The minimum absolute atomic E-state index is 0.198. The van der Waals surface area contributed by atoms with Gasteiger partial charge in [0, 0.05) is 48.8 Å². The molecule has 0 aliphatic carbocycles. The number of benzene rings is 1. The molecular formula is C25H29N7O. The monoisotopic (exact) mass is 443 g/mol. The number of aromatic nitrogens is 2. The van der Waals surface area contributed by atoms with Gasteiger partial charge < -0.3 is 20.9 Å². The number of hydrogen-bond acceptors (Lipinski definition) is 7. The Morgan fingerprint density at radius 3 is 2.58 bits per heavy atom. The highest BCUT2D eigenvalue weighted by atomic mass is 16.1. The predicted octanol–water partition coefficient (Wildman–Crippen LogP) is 3.39. The van der Waals surface area contributed by atoms with Crippen LogP contribution in [0.4, 0.5) is 17.1 Å². The summed E-state index contributed by atoms with van der Waals surface area (Å²) in [4.78, 5) is 25.8. The van der Waals surface area contributed by atoms with Crippen molar-refractivity contribution in [1.82, 2.24) is 14.9 Å². The van der Waals surface area contributed by atoms with Crippen molar-refractivity contribution in [3.8, 4) is 11.1 Å². The fraction of sp³-hybridized carbons (Fsp3) is 0.280. The van der Waals surface area contributed by atoms with E-state index in [1.807, 2.05) is 37.3 Å². The first kappa shape index (κ1) is 22.4. The van der Waals surface area contributed by atoms with Crippen molar-refractivity contribution >= 4 is 28.7 Å². The van der Waals surface area contributed by atoms with E-state index in [2.05, 4.69) is 26.3 Å². The van der Waals surface area contributed by atoms with Gasteiger partial charge in [-0.15, -0.1) is 0 Å². The van der Waals surface area contributed by atoms with Crippen molar-refractivity contribution in [1.29, 1.82) is 5.41 Å². The summed E-state index contributed by atoms with van der Waals surface area (Å²) in [5, 5.41) is 11.3. The van der Waals surface area contributed by atoms with E-state index in [9.17, 15) is 4.79 Å². The van der Waals surface area contributed by atoms with Crippen LogP contribution in [0, 0.1) is 5.41 Å². The van der Waals surface area contributed by atoms with E-state index in [1.54, 1.807) is 30.7 Å². The van der Waals surface area contributed by atoms with E-state index in [-0.39, 0.29) is 5.71 Å². The third kappa shape index (κ3) is 5.35. The Balaban J connectivity index is 1.54. The average molecular weight is 444 g/mol. The lowest BCUT2D eigenvalue weighted by Gasteiger charge is -2.18. The number of anilines is 3. The van der Waals surface area contributed by atoms with Crippen molar-refractivity contribution in [2.24, 2.45) is 0 Å². The largest absolute Gasteiger partial charge is 0.398 e. The van der Waals surface area contributed by atoms with Crippen LogP contribution in [-0.4, -0.2) is 53.7 Å². The number of nitrogens with zero attached hydrogens (tertiary/aromatic N) is 4. The quantitative estimate of drug-likeness (QED) is 0.381. The standard InChI is InChI=1S/C25H29N7O/c1-31(2)16-17-9-20(14-28-12-17)30-25(33)24(27)22-11-18(5-6-23(22)26)19-10-21(15-29-13-19)32-7-3-4-8-32/h5-6,9-15,27H,3-4,7-8,16,26H2,1-2H3,(H,30,33). The highest BCUT2D eigenvalue weighted by Gasteiger charge is 2.18. The Kier molecular flexibility index (Phi) is 6.65. The van der Waals surface area contributed by atoms with Gasteiger partial charge >= 0.3 is 0 Å². The molecule has 3 heterocycles. The maximum absolute atomic E-state index is 12.8. The molecule has 2 aromatic heterocycles. The molecule has 33 heavy (non-hydrogen) atoms. The zero-order valence-corrected chi connectivity index (χ0v) is 19.0. The lowest BCUT2D eigenvalue weighted by atomic mass is 9.99. The third-order valence-corrected chi connectivity index (χ3v) is 5.63. The number of rotatable bonds is 7. The minimum Gasteiger partial charge on any atom is -0.398 e. The van der Waals surface area contributed by atoms with Gasteiger partial charge in [0.1, 0.15) is 5.71 Å². The molecule has 1 fully saturated rings. The number of nitrogens with one attached hydrogen (secondary N) is 2. The number of hydrogen-bond donors (Lipinski definition) is 3. The van der Waals surface area contributed by atoms with Crippen LogP contribution in [0.5, 0.6) is 0 Å². The molecule has 1 saturated heterocycles. The van der Waals surface area contributed by atoms with Crippen LogP contribution >= 0.6 is 0 Å². The Bertz CT molecular complexity index is 1170. The SMILES string of the molecule is CN(C)Cc1cncc(NC(=O)C(=N)c2cc(-c3cncc(N4CCCC4)c3)ccc2N)c1. The van der Waals surface area contributed by atoms with E-state index < -0.39 is 5.91 Å². The van der Waals surface area contributed by atoms with Gasteiger partial charge in [0.2, 0.25) is 0 Å². The maximum Gasteiger partial charge on any atom is 0.274 e. The van der Waals surface area contributed by atoms with E-state index in [4.69, 9.17) is 11.1 Å². The Morgan fingerprint density at radius 2 is 1.82 bits per heavy atom. The molecule has 8 nitrogen and oxygen atoms in total. The summed E-state index contributed by atoms with van der Waals surface area (Å²) in [5.74, 6) is -0.536. The second-order valence-electron chi connectivity index (χ2n) is 8.58. The van der Waals surface area contributed by atoms with Gasteiger partial charge in [-0.05, 0) is 62.3 Å². The highest BCUT2D eigenvalue weighted by molar-refractivity contribution is 6.48. The van der Waals surface area contributed by atoms with E-state index >= 15 is 0 Å². The molecule has 1 aliphatic rings. The zero-order chi connectivity index (χ0) is 23.4. The van der Waals surface area contributed by atoms with Gasteiger partial charge in [-0.3, -0.25) is 20.2 Å². The summed E-state index contributed by atoms with van der Waals surface area (Å²) < 4.78 is 0. The fourth-order valence-electron chi connectivity index (χ4n) is 4.01. The lowest BCUT2D eigenvalue weighted by molar-refractivity contribution is -0.110. The summed E-state index contributed by atoms with van der Waals surface area (Å²) in [6, 6.07) is 9.35. The normalized spacial score (nSPS) is 13.4. The smallest absolute Gasteiger partial charge is 0.274 e. The molecule has 4 N–H and O–H groups in total. The number of nitrogens with two attached hydrogens (primary N) is 1. The Morgan fingerprint density at radius 1 is 1.06 bits per heavy atom. The second-order valence-corrected chi connectivity index (χ2v) is 8.58. The van der Waals surface area contributed by atoms with Crippen LogP contribution in [0.25, 0.3) is 11.1 Å². The van der Waals surface area contributed by atoms with E-state index in [1.165, 1.54) is 12.8 Å². The summed E-state index contributed by atoms with van der Waals surface area (Å²) >= 11 is 0. The molecule has 1 amide bonds. The first-order valence-electron chi connectivity index (χ1n) is 11.0. The molecule has 1 aromatic carbocycles. The van der Waals surface area contributed by atoms with E-state index in [0.29, 0.717) is 23.5 Å². The molecular weight excluding hydrogens is 414 g/mol. The van der Waals surface area contributed by atoms with Gasteiger partial charge in [0.25, 0.3) is 5.91 Å². The Hall–Kier alpha value is -3.78. The van der Waals surface area contributed by atoms with Gasteiger partial charge in [-0.1, -0.05) is 6.07 Å². The number of amides is 1. The topological polar surface area (TPSA) is 111 Å². The first-order chi connectivity index (χ1) is 15.9. The highest BCUT2D eigenvalue weighted by Crippen LogP contribution is 2.28. The van der Waals surface area contributed by atoms with Gasteiger partial charge in [0.05, 0.1) is 23.8 Å². The minimum atomic E-state index is -0.536. The van der Waals surface area contributed by atoms with Crippen molar-refractivity contribution < 1.29 is 4.79 Å². The van der Waals surface area contributed by atoms with Crippen LogP contribution < -0.4 is 16.0 Å². The zero-order valence-electron chi connectivity index (χ0n) is 19.0. The van der Waals surface area contributed by atoms with Crippen molar-refractivity contribution in [3.63, 3.8) is 0 Å². The molecule has 0 bridgehead atoms. The molecule has 170 valence electrons. The molecule has 0 radical (unpaired) electrons. The molecule has 0 atom stereocenters. The summed E-state index contributed by atoms with van der Waals surface area (Å²) in [6.45, 7) is 2.77. The molecule has 0 saturated carbocycles. The lowest BCUT2D eigenvalue weighted by Crippen LogP contribution is -2.24. The van der Waals surface area contributed by atoms with Crippen LogP contribution in [0.1, 0.15) is 24.0 Å². The van der Waals surface area contributed by atoms with Crippen LogP contribution in [0.3, 0.4) is 0 Å². The van der Waals surface area contributed by atoms with Gasteiger partial charge in [-0.2, -0.15) is 0 Å². The van der Waals surface area contributed by atoms with Gasteiger partial charge in [-0.25, -0.2) is 0 Å². The molecule has 8 heteroatoms. The van der Waals surface area contributed by atoms with Crippen molar-refractivity contribution in [2.45, 2.75) is 19.4 Å². The molecule has 0 unspecified atom stereocenters. The number of nitrogen functional groups attached to an aromatic ring is 1. The predicted molar refractivity (Wildman–Crippen MR) is 133 cm³/mol. The van der Waals surface area contributed by atoms with E-state index in [0.717, 1.165) is 35.5 Å². The number of carbonyl (C=O) groups excluding carboxylic acids is 1. The summed E-state index contributed by atoms with van der Waals surface area (Å²) in [6.07, 6.45) is 9.38. The Labute approximate surface area is 194 Å². The molecule has 1 aliphatic heterocycles. The third-order valence-electron chi connectivity index (χ3n) is 5.63. The first-order valence-corrected chi connectivity index (χ1v) is 11.0. The number of carbonyl (C=O) groups is 1. The van der Waals surface area contributed by atoms with Crippen molar-refractivity contribution in [3.05, 3.63) is 66.2 Å². The summed E-state index contributed by atoms with van der Waals surface area (Å²) in [5.41, 5.74) is 11.1. The average Bonchev–Trinajstić information content (AvgIpc) is 3.34. The summed E-state index contributed by atoms with van der Waals surface area (Å²) in [7, 11) is 3.93. The molecule has 3 aromatic rings. The molecule has 0 spiro atoms. The molecule has 4 rings (SSSR count). The fourth-order valence-corrected chi connectivity index (χ4v) is 4.01. The van der Waals surface area contributed by atoms with Crippen LogP contribution in [0.2, 0.25) is 0 Å². The number of pyridine rings is 2. The van der Waals surface area contributed by atoms with Crippen LogP contribution in [-0.2, 0) is 11.3 Å².